The number of benzene rings is 2. The molecular formula is C22H21N3O3. The van der Waals surface area contributed by atoms with Crippen molar-refractivity contribution >= 4 is 11.6 Å². The van der Waals surface area contributed by atoms with Crippen LogP contribution in [-0.2, 0) is 12.8 Å². The second kappa shape index (κ2) is 6.71. The molecule has 0 spiro atoms. The van der Waals surface area contributed by atoms with Crippen molar-refractivity contribution in [2.24, 2.45) is 0 Å². The number of hydrogen-bond donors (Lipinski definition) is 1. The predicted molar refractivity (Wildman–Crippen MR) is 106 cm³/mol. The van der Waals surface area contributed by atoms with Gasteiger partial charge in [-0.2, -0.15) is 5.10 Å². The van der Waals surface area contributed by atoms with Crippen LogP contribution in [0.15, 0.2) is 42.5 Å². The monoisotopic (exact) mass is 375 g/mol. The van der Waals surface area contributed by atoms with Crippen molar-refractivity contribution in [1.29, 1.82) is 0 Å². The maximum atomic E-state index is 13.0. The van der Waals surface area contributed by atoms with E-state index in [9.17, 15) is 4.79 Å². The molecule has 1 amide bonds. The number of nitrogens with zero attached hydrogens (tertiary/aromatic N) is 2. The molecule has 28 heavy (non-hydrogen) atoms. The molecule has 1 aromatic heterocycles. The fourth-order valence-electron chi connectivity index (χ4n) is 3.83. The zero-order chi connectivity index (χ0) is 19.1. The Morgan fingerprint density at radius 3 is 2.64 bits per heavy atom. The molecule has 2 aliphatic rings. The molecule has 0 atom stereocenters. The maximum absolute atomic E-state index is 13.0. The SMILES string of the molecule is Cc1ccc(-n2nc(C(=O)Nc3ccc4c(c3)OCCO4)c3c2CCC3)cc1. The Morgan fingerprint density at radius 1 is 1.04 bits per heavy atom. The predicted octanol–water partition coefficient (Wildman–Crippen LogP) is 3.69. The van der Waals surface area contributed by atoms with Crippen LogP contribution in [0.4, 0.5) is 5.69 Å². The highest BCUT2D eigenvalue weighted by Gasteiger charge is 2.27. The first-order valence-corrected chi connectivity index (χ1v) is 9.58. The van der Waals surface area contributed by atoms with Crippen molar-refractivity contribution in [3.63, 3.8) is 0 Å². The van der Waals surface area contributed by atoms with Crippen LogP contribution in [-0.4, -0.2) is 28.9 Å². The van der Waals surface area contributed by atoms with Crippen molar-refractivity contribution < 1.29 is 14.3 Å². The van der Waals surface area contributed by atoms with E-state index in [-0.39, 0.29) is 5.91 Å². The molecule has 142 valence electrons. The first kappa shape index (κ1) is 16.9. The Morgan fingerprint density at radius 2 is 1.82 bits per heavy atom. The molecule has 1 N–H and O–H groups in total. The summed E-state index contributed by atoms with van der Waals surface area (Å²) in [7, 11) is 0. The fraction of sp³-hybridized carbons (Fsp3) is 0.273. The normalized spacial score (nSPS) is 14.6. The summed E-state index contributed by atoms with van der Waals surface area (Å²) in [6.45, 7) is 3.11. The Kier molecular flexibility index (Phi) is 4.04. The van der Waals surface area contributed by atoms with Gasteiger partial charge in [0.1, 0.15) is 13.2 Å². The summed E-state index contributed by atoms with van der Waals surface area (Å²) in [4.78, 5) is 13.0. The Balaban J connectivity index is 1.45. The highest BCUT2D eigenvalue weighted by molar-refractivity contribution is 6.04. The Labute approximate surface area is 163 Å². The third-order valence-electron chi connectivity index (χ3n) is 5.22. The summed E-state index contributed by atoms with van der Waals surface area (Å²) in [6.07, 6.45) is 2.86. The number of rotatable bonds is 3. The molecule has 0 fully saturated rings. The van der Waals surface area contributed by atoms with Crippen LogP contribution >= 0.6 is 0 Å². The van der Waals surface area contributed by atoms with Crippen molar-refractivity contribution in [3.05, 3.63) is 65.0 Å². The zero-order valence-corrected chi connectivity index (χ0v) is 15.7. The number of amides is 1. The third kappa shape index (κ3) is 2.91. The highest BCUT2D eigenvalue weighted by atomic mass is 16.6. The van der Waals surface area contributed by atoms with Crippen molar-refractivity contribution in [2.45, 2.75) is 26.2 Å². The van der Waals surface area contributed by atoms with Gasteiger partial charge in [0.15, 0.2) is 17.2 Å². The minimum Gasteiger partial charge on any atom is -0.486 e. The van der Waals surface area contributed by atoms with Gasteiger partial charge in [0.25, 0.3) is 5.91 Å². The van der Waals surface area contributed by atoms with Gasteiger partial charge in [0, 0.05) is 23.0 Å². The van der Waals surface area contributed by atoms with E-state index in [0.717, 1.165) is 36.2 Å². The van der Waals surface area contributed by atoms with E-state index in [4.69, 9.17) is 9.47 Å². The summed E-state index contributed by atoms with van der Waals surface area (Å²) in [6, 6.07) is 13.7. The number of carbonyl (C=O) groups is 1. The molecule has 1 aliphatic carbocycles. The van der Waals surface area contributed by atoms with Crippen LogP contribution in [0.3, 0.4) is 0 Å². The molecule has 0 radical (unpaired) electrons. The smallest absolute Gasteiger partial charge is 0.276 e. The molecule has 6 nitrogen and oxygen atoms in total. The standard InChI is InChI=1S/C22H21N3O3/c1-14-5-8-16(9-6-14)25-18-4-2-3-17(18)21(24-25)22(26)23-15-7-10-19-20(13-15)28-12-11-27-19/h5-10,13H,2-4,11-12H2,1H3,(H,23,26). The number of ether oxygens (including phenoxy) is 2. The summed E-state index contributed by atoms with van der Waals surface area (Å²) in [5, 5.41) is 7.63. The molecule has 0 unspecified atom stereocenters. The van der Waals surface area contributed by atoms with Crippen LogP contribution < -0.4 is 14.8 Å². The van der Waals surface area contributed by atoms with Crippen LogP contribution in [0.25, 0.3) is 5.69 Å². The number of aromatic nitrogens is 2. The average molecular weight is 375 g/mol. The minimum atomic E-state index is -0.194. The van der Waals surface area contributed by atoms with Crippen LogP contribution in [0.5, 0.6) is 11.5 Å². The fourth-order valence-corrected chi connectivity index (χ4v) is 3.83. The van der Waals surface area contributed by atoms with Crippen LogP contribution in [0.2, 0.25) is 0 Å². The van der Waals surface area contributed by atoms with Gasteiger partial charge >= 0.3 is 0 Å². The molecular weight excluding hydrogens is 354 g/mol. The van der Waals surface area contributed by atoms with Gasteiger partial charge in [-0.15, -0.1) is 0 Å². The molecule has 6 heteroatoms. The second-order valence-electron chi connectivity index (χ2n) is 7.19. The lowest BCUT2D eigenvalue weighted by Gasteiger charge is -2.18. The van der Waals surface area contributed by atoms with Gasteiger partial charge in [-0.3, -0.25) is 4.79 Å². The summed E-state index contributed by atoms with van der Waals surface area (Å²) < 4.78 is 13.1. The van der Waals surface area contributed by atoms with Crippen molar-refractivity contribution in [1.82, 2.24) is 9.78 Å². The van der Waals surface area contributed by atoms with E-state index in [1.807, 2.05) is 28.9 Å². The molecule has 2 heterocycles. The van der Waals surface area contributed by atoms with Gasteiger partial charge in [-0.1, -0.05) is 17.7 Å². The number of aryl methyl sites for hydroxylation is 1. The third-order valence-corrected chi connectivity index (χ3v) is 5.22. The number of anilines is 1. The Hall–Kier alpha value is -3.28. The van der Waals surface area contributed by atoms with Gasteiger partial charge in [0.2, 0.25) is 0 Å². The lowest BCUT2D eigenvalue weighted by Crippen LogP contribution is -2.17. The van der Waals surface area contributed by atoms with Gasteiger partial charge in [-0.25, -0.2) is 4.68 Å². The van der Waals surface area contributed by atoms with Crippen molar-refractivity contribution in [3.8, 4) is 17.2 Å². The van der Waals surface area contributed by atoms with E-state index in [1.54, 1.807) is 6.07 Å². The Bertz CT molecular complexity index is 1050. The van der Waals surface area contributed by atoms with Gasteiger partial charge < -0.3 is 14.8 Å². The lowest BCUT2D eigenvalue weighted by atomic mass is 10.2. The van der Waals surface area contributed by atoms with Crippen LogP contribution in [0, 0.1) is 6.92 Å². The zero-order valence-electron chi connectivity index (χ0n) is 15.7. The number of fused-ring (bicyclic) bond motifs is 2. The molecule has 1 aliphatic heterocycles. The van der Waals surface area contributed by atoms with E-state index < -0.39 is 0 Å². The van der Waals surface area contributed by atoms with Gasteiger partial charge in [0.05, 0.1) is 5.69 Å². The first-order chi connectivity index (χ1) is 13.7. The lowest BCUT2D eigenvalue weighted by molar-refractivity contribution is 0.102. The molecule has 0 saturated carbocycles. The van der Waals surface area contributed by atoms with E-state index >= 15 is 0 Å². The largest absolute Gasteiger partial charge is 0.486 e. The average Bonchev–Trinajstić information content (AvgIpc) is 3.31. The summed E-state index contributed by atoms with van der Waals surface area (Å²) >= 11 is 0. The van der Waals surface area contributed by atoms with E-state index in [1.165, 1.54) is 5.56 Å². The highest BCUT2D eigenvalue weighted by Crippen LogP contribution is 2.33. The van der Waals surface area contributed by atoms with E-state index in [0.29, 0.717) is 36.1 Å². The molecule has 0 bridgehead atoms. The molecule has 3 aromatic rings. The molecule has 2 aromatic carbocycles. The number of carbonyl (C=O) groups excluding carboxylic acids is 1. The number of hydrogen-bond acceptors (Lipinski definition) is 4. The second-order valence-corrected chi connectivity index (χ2v) is 7.19. The number of nitrogens with one attached hydrogen (secondary N) is 1. The molecule has 0 saturated heterocycles. The van der Waals surface area contributed by atoms with E-state index in [2.05, 4.69) is 29.5 Å². The maximum Gasteiger partial charge on any atom is 0.276 e. The minimum absolute atomic E-state index is 0.194. The first-order valence-electron chi connectivity index (χ1n) is 9.58. The van der Waals surface area contributed by atoms with Crippen LogP contribution in [0.1, 0.15) is 33.7 Å². The molecule has 5 rings (SSSR count). The van der Waals surface area contributed by atoms with Crippen molar-refractivity contribution in [2.75, 3.05) is 18.5 Å². The topological polar surface area (TPSA) is 65.4 Å². The quantitative estimate of drug-likeness (QED) is 0.758. The summed E-state index contributed by atoms with van der Waals surface area (Å²) in [5.74, 6) is 1.16. The van der Waals surface area contributed by atoms with Gasteiger partial charge in [-0.05, 0) is 50.5 Å². The summed E-state index contributed by atoms with van der Waals surface area (Å²) in [5.41, 5.74) is 5.55.